The Balaban J connectivity index is 1.78. The Labute approximate surface area is 153 Å². The van der Waals surface area contributed by atoms with Gasteiger partial charge in [-0.15, -0.1) is 0 Å². The number of anilines is 1. The molecule has 9 heteroatoms. The third-order valence-electron chi connectivity index (χ3n) is 3.65. The summed E-state index contributed by atoms with van der Waals surface area (Å²) in [6.07, 6.45) is 0. The summed E-state index contributed by atoms with van der Waals surface area (Å²) >= 11 is 5.76. The zero-order valence-corrected chi connectivity index (χ0v) is 14.8. The highest BCUT2D eigenvalue weighted by Gasteiger charge is 2.24. The molecule has 3 aromatic rings. The number of nitrogens with one attached hydrogen (secondary N) is 1. The van der Waals surface area contributed by atoms with Crippen molar-refractivity contribution in [3.63, 3.8) is 0 Å². The van der Waals surface area contributed by atoms with Gasteiger partial charge in [0.2, 0.25) is 5.88 Å². The fourth-order valence-corrected chi connectivity index (χ4v) is 2.54. The Morgan fingerprint density at radius 3 is 2.65 bits per heavy atom. The molecule has 0 radical (unpaired) electrons. The highest BCUT2D eigenvalue weighted by atomic mass is 35.5. The molecule has 0 saturated carbocycles. The van der Waals surface area contributed by atoms with Crippen molar-refractivity contribution in [1.82, 2.24) is 10.5 Å². The maximum absolute atomic E-state index is 12.6. The number of hydrogen-bond donors (Lipinski definition) is 2. The first-order valence-corrected chi connectivity index (χ1v) is 7.91. The van der Waals surface area contributed by atoms with Gasteiger partial charge in [0.1, 0.15) is 5.56 Å². The van der Waals surface area contributed by atoms with E-state index in [1.165, 1.54) is 6.07 Å². The molecule has 0 spiro atoms. The molecular formula is C17H16ClN3O5. The molecule has 0 saturated heterocycles. The number of nitrogen functional groups attached to an aromatic ring is 1. The molecule has 0 unspecified atom stereocenters. The number of nitrogens with two attached hydrogens (primary N) is 1. The van der Waals surface area contributed by atoms with Crippen molar-refractivity contribution in [3.8, 4) is 23.0 Å². The van der Waals surface area contributed by atoms with Crippen LogP contribution >= 0.6 is 11.6 Å². The SMILES string of the molecule is COc1ccc(CNC(=O)c2c(-c3ccc(Cl)o3)noc2N)cc1OC. The second kappa shape index (κ2) is 7.40. The van der Waals surface area contributed by atoms with Gasteiger partial charge >= 0.3 is 0 Å². The van der Waals surface area contributed by atoms with E-state index in [1.807, 2.05) is 6.07 Å². The first-order chi connectivity index (χ1) is 12.5. The van der Waals surface area contributed by atoms with Gasteiger partial charge < -0.3 is 29.5 Å². The summed E-state index contributed by atoms with van der Waals surface area (Å²) in [5.74, 6) is 0.877. The number of aromatic nitrogens is 1. The quantitative estimate of drug-likeness (QED) is 0.678. The summed E-state index contributed by atoms with van der Waals surface area (Å²) in [5, 5.41) is 6.70. The maximum Gasteiger partial charge on any atom is 0.259 e. The molecule has 1 aromatic carbocycles. The van der Waals surface area contributed by atoms with Crippen molar-refractivity contribution >= 4 is 23.4 Å². The lowest BCUT2D eigenvalue weighted by Gasteiger charge is -2.10. The predicted molar refractivity (Wildman–Crippen MR) is 94.3 cm³/mol. The number of carbonyl (C=O) groups is 1. The Morgan fingerprint density at radius 2 is 2.00 bits per heavy atom. The minimum atomic E-state index is -0.457. The fraction of sp³-hybridized carbons (Fsp3) is 0.176. The normalized spacial score (nSPS) is 10.6. The average molecular weight is 378 g/mol. The van der Waals surface area contributed by atoms with Crippen molar-refractivity contribution < 1.29 is 23.2 Å². The van der Waals surface area contributed by atoms with Gasteiger partial charge in [0.25, 0.3) is 5.91 Å². The van der Waals surface area contributed by atoms with Gasteiger partial charge in [-0.25, -0.2) is 0 Å². The summed E-state index contributed by atoms with van der Waals surface area (Å²) < 4.78 is 20.6. The minimum absolute atomic E-state index is 0.0801. The van der Waals surface area contributed by atoms with Crippen LogP contribution in [-0.2, 0) is 6.54 Å². The molecule has 0 aliphatic rings. The zero-order chi connectivity index (χ0) is 18.7. The molecule has 2 heterocycles. The minimum Gasteiger partial charge on any atom is -0.493 e. The summed E-state index contributed by atoms with van der Waals surface area (Å²) in [5.41, 5.74) is 6.81. The van der Waals surface area contributed by atoms with E-state index in [1.54, 1.807) is 32.4 Å². The van der Waals surface area contributed by atoms with Crippen LogP contribution in [0.5, 0.6) is 11.5 Å². The molecule has 136 valence electrons. The smallest absolute Gasteiger partial charge is 0.259 e. The third-order valence-corrected chi connectivity index (χ3v) is 3.86. The van der Waals surface area contributed by atoms with Crippen LogP contribution in [-0.4, -0.2) is 25.3 Å². The van der Waals surface area contributed by atoms with E-state index >= 15 is 0 Å². The molecule has 0 fully saturated rings. The number of hydrogen-bond acceptors (Lipinski definition) is 7. The topological polar surface area (TPSA) is 113 Å². The van der Waals surface area contributed by atoms with Gasteiger partial charge in [-0.3, -0.25) is 4.79 Å². The second-order valence-electron chi connectivity index (χ2n) is 5.25. The molecule has 2 aromatic heterocycles. The number of halogens is 1. The highest BCUT2D eigenvalue weighted by molar-refractivity contribution is 6.29. The van der Waals surface area contributed by atoms with Crippen LogP contribution in [0.2, 0.25) is 5.22 Å². The number of ether oxygens (including phenoxy) is 2. The monoisotopic (exact) mass is 377 g/mol. The van der Waals surface area contributed by atoms with E-state index in [0.717, 1.165) is 5.56 Å². The molecule has 3 N–H and O–H groups in total. The largest absolute Gasteiger partial charge is 0.493 e. The number of benzene rings is 1. The van der Waals surface area contributed by atoms with Crippen LogP contribution in [0.1, 0.15) is 15.9 Å². The van der Waals surface area contributed by atoms with Gasteiger partial charge in [-0.2, -0.15) is 0 Å². The average Bonchev–Trinajstić information content (AvgIpc) is 3.24. The molecule has 26 heavy (non-hydrogen) atoms. The molecular weight excluding hydrogens is 362 g/mol. The Morgan fingerprint density at radius 1 is 1.23 bits per heavy atom. The van der Waals surface area contributed by atoms with E-state index in [2.05, 4.69) is 10.5 Å². The molecule has 1 amide bonds. The molecule has 0 aliphatic heterocycles. The van der Waals surface area contributed by atoms with Gasteiger partial charge in [0.05, 0.1) is 14.2 Å². The van der Waals surface area contributed by atoms with Crippen molar-refractivity contribution in [2.45, 2.75) is 6.54 Å². The summed E-state index contributed by atoms with van der Waals surface area (Å²) in [4.78, 5) is 12.6. The number of rotatable bonds is 6. The lowest BCUT2D eigenvalue weighted by molar-refractivity contribution is 0.0952. The van der Waals surface area contributed by atoms with Gasteiger partial charge in [-0.1, -0.05) is 11.2 Å². The number of nitrogens with zero attached hydrogens (tertiary/aromatic N) is 1. The Bertz CT molecular complexity index is 934. The highest BCUT2D eigenvalue weighted by Crippen LogP contribution is 2.30. The van der Waals surface area contributed by atoms with Crippen molar-refractivity contribution in [1.29, 1.82) is 0 Å². The van der Waals surface area contributed by atoms with Crippen LogP contribution in [0.3, 0.4) is 0 Å². The predicted octanol–water partition coefficient (Wildman–Crippen LogP) is 3.12. The first kappa shape index (κ1) is 17.7. The fourth-order valence-electron chi connectivity index (χ4n) is 2.39. The molecule has 0 bridgehead atoms. The first-order valence-electron chi connectivity index (χ1n) is 7.53. The van der Waals surface area contributed by atoms with Crippen LogP contribution in [0.25, 0.3) is 11.5 Å². The van der Waals surface area contributed by atoms with E-state index < -0.39 is 5.91 Å². The van der Waals surface area contributed by atoms with Crippen molar-refractivity contribution in [3.05, 3.63) is 46.7 Å². The van der Waals surface area contributed by atoms with Crippen LogP contribution < -0.4 is 20.5 Å². The summed E-state index contributed by atoms with van der Waals surface area (Å²) in [7, 11) is 3.09. The van der Waals surface area contributed by atoms with E-state index in [-0.39, 0.29) is 34.7 Å². The number of furan rings is 1. The standard InChI is InChI=1S/C17H16ClN3O5/c1-23-10-4-3-9(7-12(10)24-2)8-20-17(22)14-15(21-26-16(14)19)11-5-6-13(18)25-11/h3-7H,8,19H2,1-2H3,(H,20,22). The zero-order valence-electron chi connectivity index (χ0n) is 14.0. The Hall–Kier alpha value is -3.13. The lowest BCUT2D eigenvalue weighted by Crippen LogP contribution is -2.23. The third kappa shape index (κ3) is 3.45. The molecule has 0 aliphatic carbocycles. The van der Waals surface area contributed by atoms with E-state index in [4.69, 9.17) is 35.7 Å². The van der Waals surface area contributed by atoms with E-state index in [0.29, 0.717) is 11.5 Å². The lowest BCUT2D eigenvalue weighted by atomic mass is 10.1. The summed E-state index contributed by atoms with van der Waals surface area (Å²) in [6, 6.07) is 8.44. The van der Waals surface area contributed by atoms with Gasteiger partial charge in [-0.05, 0) is 41.4 Å². The Kier molecular flexibility index (Phi) is 5.04. The molecule has 8 nitrogen and oxygen atoms in total. The van der Waals surface area contributed by atoms with Crippen molar-refractivity contribution in [2.24, 2.45) is 0 Å². The maximum atomic E-state index is 12.6. The number of carbonyl (C=O) groups excluding carboxylic acids is 1. The van der Waals surface area contributed by atoms with Crippen LogP contribution in [0.15, 0.2) is 39.3 Å². The van der Waals surface area contributed by atoms with Crippen molar-refractivity contribution in [2.75, 3.05) is 20.0 Å². The summed E-state index contributed by atoms with van der Waals surface area (Å²) in [6.45, 7) is 0.238. The number of amides is 1. The van der Waals surface area contributed by atoms with Gasteiger partial charge in [0, 0.05) is 6.54 Å². The van der Waals surface area contributed by atoms with Crippen LogP contribution in [0, 0.1) is 0 Å². The molecule has 0 atom stereocenters. The van der Waals surface area contributed by atoms with Crippen LogP contribution in [0.4, 0.5) is 5.88 Å². The molecule has 3 rings (SSSR count). The van der Waals surface area contributed by atoms with Gasteiger partial charge in [0.15, 0.2) is 28.2 Å². The second-order valence-corrected chi connectivity index (χ2v) is 5.62. The van der Waals surface area contributed by atoms with E-state index in [9.17, 15) is 4.79 Å². The number of methoxy groups -OCH3 is 2.